The Morgan fingerprint density at radius 2 is 1.86 bits per heavy atom. The Balaban J connectivity index is 2.24. The van der Waals surface area contributed by atoms with Gasteiger partial charge in [-0.05, 0) is 47.4 Å². The summed E-state index contributed by atoms with van der Waals surface area (Å²) in [6.07, 6.45) is -0.132. The fraction of sp³-hybridized carbons (Fsp3) is 0.235. The maximum Gasteiger partial charge on any atom is 0.0458 e. The van der Waals surface area contributed by atoms with E-state index < -0.39 is 5.97 Å². The largest absolute Gasteiger partial charge is 0.550 e. The van der Waals surface area contributed by atoms with E-state index in [4.69, 9.17) is 11.6 Å². The Labute approximate surface area is 134 Å². The summed E-state index contributed by atoms with van der Waals surface area (Å²) in [5, 5.41) is 11.4. The lowest BCUT2D eigenvalue weighted by molar-refractivity contribution is -0.304. The minimum atomic E-state index is -1.10. The van der Waals surface area contributed by atoms with Crippen LogP contribution < -0.4 is 5.11 Å². The molecule has 0 fully saturated rings. The van der Waals surface area contributed by atoms with Gasteiger partial charge in [0.15, 0.2) is 0 Å². The van der Waals surface area contributed by atoms with Crippen LogP contribution in [0, 0.1) is 0 Å². The van der Waals surface area contributed by atoms with E-state index >= 15 is 0 Å². The molecule has 2 aromatic carbocycles. The molecule has 2 rings (SSSR count). The van der Waals surface area contributed by atoms with Crippen LogP contribution in [0.15, 0.2) is 52.3 Å². The molecule has 0 saturated carbocycles. The zero-order chi connectivity index (χ0) is 15.4. The average molecular weight is 320 g/mol. The third kappa shape index (κ3) is 4.51. The Hall–Kier alpha value is -1.45. The van der Waals surface area contributed by atoms with E-state index in [2.05, 4.69) is 38.1 Å². The quantitative estimate of drug-likeness (QED) is 0.839. The Morgan fingerprint density at radius 3 is 2.43 bits per heavy atom. The molecule has 0 heterocycles. The van der Waals surface area contributed by atoms with E-state index in [0.29, 0.717) is 16.5 Å². The van der Waals surface area contributed by atoms with Crippen molar-refractivity contribution in [3.8, 4) is 0 Å². The highest BCUT2D eigenvalue weighted by atomic mass is 35.5. The number of carboxylic acid groups (broad SMARTS) is 1. The number of hydrogen-bond acceptors (Lipinski definition) is 3. The van der Waals surface area contributed by atoms with Crippen LogP contribution in [0.4, 0.5) is 0 Å². The predicted octanol–water partition coefficient (Wildman–Crippen LogP) is 3.91. The second kappa shape index (κ2) is 7.01. The number of carbonyl (C=O) groups excluding carboxylic acids is 1. The number of rotatable bonds is 5. The topological polar surface area (TPSA) is 40.1 Å². The molecule has 4 heteroatoms. The zero-order valence-electron chi connectivity index (χ0n) is 11.9. The van der Waals surface area contributed by atoms with E-state index in [-0.39, 0.29) is 6.42 Å². The lowest BCUT2D eigenvalue weighted by atomic mass is 10.0. The first-order valence-electron chi connectivity index (χ1n) is 6.72. The number of carboxylic acids is 1. The molecule has 0 amide bonds. The fourth-order valence-electron chi connectivity index (χ4n) is 1.99. The van der Waals surface area contributed by atoms with Gasteiger partial charge in [0.2, 0.25) is 0 Å². The van der Waals surface area contributed by atoms with Gasteiger partial charge in [-0.2, -0.15) is 0 Å². The van der Waals surface area contributed by atoms with Crippen molar-refractivity contribution in [1.29, 1.82) is 0 Å². The van der Waals surface area contributed by atoms with E-state index in [0.717, 1.165) is 9.79 Å². The smallest absolute Gasteiger partial charge is 0.0458 e. The maximum absolute atomic E-state index is 10.8. The van der Waals surface area contributed by atoms with Gasteiger partial charge in [-0.3, -0.25) is 0 Å². The monoisotopic (exact) mass is 319 g/mol. The molecule has 0 spiro atoms. The number of hydrogen-bond donors (Lipinski definition) is 0. The summed E-state index contributed by atoms with van der Waals surface area (Å²) in [5.74, 6) is -0.609. The summed E-state index contributed by atoms with van der Waals surface area (Å²) >= 11 is 7.47. The summed E-state index contributed by atoms with van der Waals surface area (Å²) in [6.45, 7) is 4.30. The van der Waals surface area contributed by atoms with Crippen molar-refractivity contribution in [1.82, 2.24) is 0 Å². The Kier molecular flexibility index (Phi) is 5.32. The van der Waals surface area contributed by atoms with Crippen molar-refractivity contribution < 1.29 is 9.90 Å². The van der Waals surface area contributed by atoms with Gasteiger partial charge in [0.1, 0.15) is 0 Å². The molecule has 2 nitrogen and oxygen atoms in total. The van der Waals surface area contributed by atoms with E-state index in [9.17, 15) is 9.90 Å². The second-order valence-corrected chi connectivity index (χ2v) is 6.68. The number of benzene rings is 2. The number of carbonyl (C=O) groups is 1. The highest BCUT2D eigenvalue weighted by Crippen LogP contribution is 2.33. The SMILES string of the molecule is CC(C)c1ccc(Sc2ccc(Cl)cc2CC(=O)[O-])cc1. The third-order valence-electron chi connectivity index (χ3n) is 3.13. The molecule has 0 aliphatic carbocycles. The van der Waals surface area contributed by atoms with Crippen molar-refractivity contribution in [2.75, 3.05) is 0 Å². The van der Waals surface area contributed by atoms with Gasteiger partial charge in [-0.25, -0.2) is 0 Å². The predicted molar refractivity (Wildman–Crippen MR) is 84.8 cm³/mol. The highest BCUT2D eigenvalue weighted by Gasteiger charge is 2.07. The first-order chi connectivity index (χ1) is 9.95. The van der Waals surface area contributed by atoms with Gasteiger partial charge < -0.3 is 9.90 Å². The van der Waals surface area contributed by atoms with Crippen LogP contribution in [0.2, 0.25) is 5.02 Å². The van der Waals surface area contributed by atoms with Gasteiger partial charge in [0.05, 0.1) is 0 Å². The van der Waals surface area contributed by atoms with E-state index in [1.165, 1.54) is 17.3 Å². The molecule has 0 atom stereocenters. The average Bonchev–Trinajstić information content (AvgIpc) is 2.42. The molecule has 0 saturated heterocycles. The summed E-state index contributed by atoms with van der Waals surface area (Å²) in [7, 11) is 0. The molecular weight excluding hydrogens is 304 g/mol. The highest BCUT2D eigenvalue weighted by molar-refractivity contribution is 7.99. The van der Waals surface area contributed by atoms with Crippen molar-refractivity contribution in [2.45, 2.75) is 36.0 Å². The molecule has 0 bridgehead atoms. The van der Waals surface area contributed by atoms with Crippen LogP contribution in [0.1, 0.15) is 30.9 Å². The summed E-state index contributed by atoms with van der Waals surface area (Å²) < 4.78 is 0. The van der Waals surface area contributed by atoms with Crippen LogP contribution in [0.25, 0.3) is 0 Å². The molecule has 0 N–H and O–H groups in total. The van der Waals surface area contributed by atoms with Crippen molar-refractivity contribution in [3.05, 3.63) is 58.6 Å². The van der Waals surface area contributed by atoms with Crippen molar-refractivity contribution in [3.63, 3.8) is 0 Å². The van der Waals surface area contributed by atoms with Gasteiger partial charge in [0.25, 0.3) is 0 Å². The number of aliphatic carboxylic acids is 1. The van der Waals surface area contributed by atoms with E-state index in [1.54, 1.807) is 12.1 Å². The minimum Gasteiger partial charge on any atom is -0.550 e. The molecule has 0 aliphatic heterocycles. The molecule has 0 aromatic heterocycles. The maximum atomic E-state index is 10.8. The first kappa shape index (κ1) is 15.9. The molecule has 0 radical (unpaired) electrons. The molecule has 0 unspecified atom stereocenters. The van der Waals surface area contributed by atoms with Crippen LogP contribution in [0.5, 0.6) is 0 Å². The number of halogens is 1. The summed E-state index contributed by atoms with van der Waals surface area (Å²) in [6, 6.07) is 13.6. The molecule has 0 aliphatic rings. The van der Waals surface area contributed by atoms with Gasteiger partial charge >= 0.3 is 0 Å². The lowest BCUT2D eigenvalue weighted by Gasteiger charge is -2.11. The van der Waals surface area contributed by atoms with E-state index in [1.807, 2.05) is 6.07 Å². The van der Waals surface area contributed by atoms with Gasteiger partial charge in [-0.15, -0.1) is 0 Å². The lowest BCUT2D eigenvalue weighted by Crippen LogP contribution is -2.24. The first-order valence-corrected chi connectivity index (χ1v) is 7.91. The Bertz CT molecular complexity index is 636. The van der Waals surface area contributed by atoms with Crippen LogP contribution >= 0.6 is 23.4 Å². The molecule has 2 aromatic rings. The Morgan fingerprint density at radius 1 is 1.19 bits per heavy atom. The van der Waals surface area contributed by atoms with Gasteiger partial charge in [0, 0.05) is 27.2 Å². The minimum absolute atomic E-state index is 0.132. The second-order valence-electron chi connectivity index (χ2n) is 5.13. The summed E-state index contributed by atoms with van der Waals surface area (Å²) in [5.41, 5.74) is 1.96. The van der Waals surface area contributed by atoms with Crippen LogP contribution in [-0.4, -0.2) is 5.97 Å². The normalized spacial score (nSPS) is 10.9. The van der Waals surface area contributed by atoms with Crippen LogP contribution in [0.3, 0.4) is 0 Å². The van der Waals surface area contributed by atoms with Crippen LogP contribution in [-0.2, 0) is 11.2 Å². The molecular formula is C17H16ClO2S-. The third-order valence-corrected chi connectivity index (χ3v) is 4.49. The zero-order valence-corrected chi connectivity index (χ0v) is 13.5. The van der Waals surface area contributed by atoms with Crippen molar-refractivity contribution >= 4 is 29.3 Å². The fourth-order valence-corrected chi connectivity index (χ4v) is 3.11. The standard InChI is InChI=1S/C17H17ClO2S/c1-11(2)12-3-6-15(7-4-12)21-16-8-5-14(18)9-13(16)10-17(19)20/h3-9,11H,10H2,1-2H3,(H,19,20)/p-1. The summed E-state index contributed by atoms with van der Waals surface area (Å²) in [4.78, 5) is 12.8. The molecule has 110 valence electrons. The molecule has 21 heavy (non-hydrogen) atoms. The van der Waals surface area contributed by atoms with Crippen molar-refractivity contribution in [2.24, 2.45) is 0 Å². The van der Waals surface area contributed by atoms with Gasteiger partial charge in [-0.1, -0.05) is 49.3 Å².